The number of carboxylic acids is 2. The maximum atomic E-state index is 9.96. The third-order valence-corrected chi connectivity index (χ3v) is 2.46. The molecule has 120 valence electrons. The van der Waals surface area contributed by atoms with Crippen LogP contribution in [-0.2, 0) is 9.59 Å². The van der Waals surface area contributed by atoms with E-state index in [1.165, 1.54) is 0 Å². The van der Waals surface area contributed by atoms with Crippen LogP contribution in [0.1, 0.15) is 38.5 Å². The van der Waals surface area contributed by atoms with Crippen LogP contribution in [0.25, 0.3) is 11.5 Å². The normalized spacial score (nSPS) is 12.4. The Hall–Kier alpha value is -0.454. The zero-order chi connectivity index (χ0) is 16.0. The second-order valence-corrected chi connectivity index (χ2v) is 4.31. The Morgan fingerprint density at radius 2 is 1.10 bits per heavy atom. The van der Waals surface area contributed by atoms with Gasteiger partial charge in [-0.15, -0.1) is 0 Å². The number of carboxylic acid groups (broad SMARTS) is 2. The van der Waals surface area contributed by atoms with Crippen LogP contribution in [0.4, 0.5) is 0 Å². The molecule has 0 saturated heterocycles. The number of carbonyl (C=O) groups is 2. The number of rotatable bonds is 10. The van der Waals surface area contributed by atoms with E-state index in [9.17, 15) is 19.8 Å². The molecule has 0 rings (SSSR count). The van der Waals surface area contributed by atoms with Crippen molar-refractivity contribution >= 4 is 35.0 Å². The average molecular weight is 313 g/mol. The molecule has 0 aromatic carbocycles. The van der Waals surface area contributed by atoms with E-state index < -0.39 is 24.0 Å². The van der Waals surface area contributed by atoms with Gasteiger partial charge in [-0.2, -0.15) is 0 Å². The molecule has 9 heteroatoms. The summed E-state index contributed by atoms with van der Waals surface area (Å²) in [5.41, 5.74) is 24.1. The summed E-state index contributed by atoms with van der Waals surface area (Å²) in [5, 5.41) is 19.9. The summed E-state index contributed by atoms with van der Waals surface area (Å²) >= 11 is 0. The summed E-state index contributed by atoms with van der Waals surface area (Å²) < 4.78 is 0. The maximum absolute atomic E-state index is 9.96. The van der Waals surface area contributed by atoms with E-state index >= 15 is 0 Å². The van der Waals surface area contributed by atoms with E-state index in [2.05, 4.69) is 0 Å². The van der Waals surface area contributed by atoms with E-state index in [0.29, 0.717) is 38.8 Å². The summed E-state index contributed by atoms with van der Waals surface area (Å²) in [6.45, 7) is 1.11. The molecule has 0 aromatic heterocycles. The third kappa shape index (κ3) is 19.5. The standard InChI is InChI=1S/2C6H13N2O2.Mg/c2*7-4-2-1-3-5(8)6(9)10;/h2*5,8H,1-4,7H2,(H,9,10);/q2*-1;+2/p-2/t2*5-;/m00./s1. The molecular formula is C12H24MgN4O4-2. The molecule has 6 N–H and O–H groups in total. The summed E-state index contributed by atoms with van der Waals surface area (Å²) in [7, 11) is 0. The molecule has 0 aliphatic heterocycles. The molecule has 0 radical (unpaired) electrons. The fourth-order valence-electron chi connectivity index (χ4n) is 1.22. The molecule has 8 nitrogen and oxygen atoms in total. The minimum absolute atomic E-state index is 0. The van der Waals surface area contributed by atoms with Gasteiger partial charge in [0.2, 0.25) is 0 Å². The predicted molar refractivity (Wildman–Crippen MR) is 77.8 cm³/mol. The van der Waals surface area contributed by atoms with Crippen LogP contribution in [-0.4, -0.2) is 60.2 Å². The number of hydrogen-bond acceptors (Lipinski definition) is 6. The van der Waals surface area contributed by atoms with Crippen molar-refractivity contribution in [2.75, 3.05) is 13.1 Å². The van der Waals surface area contributed by atoms with Crippen molar-refractivity contribution in [3.8, 4) is 0 Å². The summed E-state index contributed by atoms with van der Waals surface area (Å²) in [6, 6.07) is -2.15. The van der Waals surface area contributed by atoms with Crippen LogP contribution in [0.15, 0.2) is 0 Å². The molecule has 0 amide bonds. The molecule has 0 unspecified atom stereocenters. The second kappa shape index (κ2) is 17.6. The molecular weight excluding hydrogens is 288 g/mol. The minimum Gasteiger partial charge on any atom is -0.670 e. The van der Waals surface area contributed by atoms with Gasteiger partial charge in [0.15, 0.2) is 0 Å². The van der Waals surface area contributed by atoms with Gasteiger partial charge in [-0.25, -0.2) is 0 Å². The first-order chi connectivity index (χ1) is 9.36. The Morgan fingerprint density at radius 1 is 0.810 bits per heavy atom. The van der Waals surface area contributed by atoms with E-state index in [1.807, 2.05) is 0 Å². The van der Waals surface area contributed by atoms with Gasteiger partial charge in [0.25, 0.3) is 0 Å². The van der Waals surface area contributed by atoms with Crippen molar-refractivity contribution in [3.05, 3.63) is 11.5 Å². The van der Waals surface area contributed by atoms with Crippen LogP contribution in [0.3, 0.4) is 0 Å². The van der Waals surface area contributed by atoms with Crippen molar-refractivity contribution in [1.29, 1.82) is 0 Å². The smallest absolute Gasteiger partial charge is 0.670 e. The Labute approximate surface area is 141 Å². The molecule has 0 aromatic rings. The fraction of sp³-hybridized carbons (Fsp3) is 0.833. The van der Waals surface area contributed by atoms with Crippen LogP contribution in [0.2, 0.25) is 0 Å². The number of nitrogens with one attached hydrogen (secondary N) is 2. The van der Waals surface area contributed by atoms with Crippen LogP contribution in [0.5, 0.6) is 0 Å². The van der Waals surface area contributed by atoms with Crippen LogP contribution >= 0.6 is 0 Å². The Bertz CT molecular complexity index is 244. The van der Waals surface area contributed by atoms with Gasteiger partial charge in [-0.1, -0.05) is 37.8 Å². The Morgan fingerprint density at radius 3 is 1.29 bits per heavy atom. The average Bonchev–Trinajstić information content (AvgIpc) is 2.39. The SMILES string of the molecule is [Mg+2].[NH-][C@@H](CCCCN)C(=O)[O-].[NH-][C@@H](CCCCN)C(=O)[O-]. The van der Waals surface area contributed by atoms with Crippen LogP contribution < -0.4 is 21.7 Å². The molecule has 0 bridgehead atoms. The van der Waals surface area contributed by atoms with Gasteiger partial charge in [0.1, 0.15) is 0 Å². The van der Waals surface area contributed by atoms with Crippen molar-refractivity contribution in [2.45, 2.75) is 50.6 Å². The first-order valence-corrected chi connectivity index (χ1v) is 6.60. The largest absolute Gasteiger partial charge is 2.00 e. The van der Waals surface area contributed by atoms with Crippen molar-refractivity contribution in [1.82, 2.24) is 0 Å². The Kier molecular flexibility index (Phi) is 21.4. The molecule has 0 fully saturated rings. The van der Waals surface area contributed by atoms with E-state index in [0.717, 1.165) is 12.8 Å². The fourth-order valence-corrected chi connectivity index (χ4v) is 1.22. The number of unbranched alkanes of at least 4 members (excludes halogenated alkanes) is 2. The molecule has 2 atom stereocenters. The van der Waals surface area contributed by atoms with E-state index in [4.69, 9.17) is 22.9 Å². The zero-order valence-electron chi connectivity index (χ0n) is 12.3. The molecule has 0 saturated carbocycles. The quantitative estimate of drug-likeness (QED) is 0.354. The zero-order valence-corrected chi connectivity index (χ0v) is 13.7. The maximum Gasteiger partial charge on any atom is 2.00 e. The van der Waals surface area contributed by atoms with Gasteiger partial charge in [-0.3, -0.25) is 0 Å². The first-order valence-electron chi connectivity index (χ1n) is 6.60. The monoisotopic (exact) mass is 312 g/mol. The summed E-state index contributed by atoms with van der Waals surface area (Å²) in [5.74, 6) is -2.59. The van der Waals surface area contributed by atoms with E-state index in [-0.39, 0.29) is 23.1 Å². The van der Waals surface area contributed by atoms with Gasteiger partial charge in [0.05, 0.1) is 0 Å². The van der Waals surface area contributed by atoms with Gasteiger partial charge < -0.3 is 42.7 Å². The van der Waals surface area contributed by atoms with Gasteiger partial charge in [0, 0.05) is 11.9 Å². The van der Waals surface area contributed by atoms with Crippen molar-refractivity contribution in [2.24, 2.45) is 11.5 Å². The topological polar surface area (TPSA) is 180 Å². The third-order valence-electron chi connectivity index (χ3n) is 2.46. The Balaban J connectivity index is -0.000000295. The van der Waals surface area contributed by atoms with E-state index in [1.54, 1.807) is 0 Å². The predicted octanol–water partition coefficient (Wildman–Crippen LogP) is -1.81. The van der Waals surface area contributed by atoms with Crippen LogP contribution in [0, 0.1) is 0 Å². The van der Waals surface area contributed by atoms with Gasteiger partial charge >= 0.3 is 23.1 Å². The molecule has 0 aliphatic rings. The molecule has 0 spiro atoms. The number of nitrogens with two attached hydrogens (primary N) is 2. The molecule has 21 heavy (non-hydrogen) atoms. The number of hydrogen-bond donors (Lipinski definition) is 2. The number of aliphatic carboxylic acids is 2. The minimum atomic E-state index is -1.29. The number of carbonyl (C=O) groups excluding carboxylic acids is 2. The van der Waals surface area contributed by atoms with Crippen molar-refractivity contribution < 1.29 is 19.8 Å². The van der Waals surface area contributed by atoms with Crippen molar-refractivity contribution in [3.63, 3.8) is 0 Å². The summed E-state index contributed by atoms with van der Waals surface area (Å²) in [6.07, 6.45) is 3.64. The first kappa shape index (κ1) is 25.5. The molecule has 0 aliphatic carbocycles. The summed E-state index contributed by atoms with van der Waals surface area (Å²) in [4.78, 5) is 19.9. The second-order valence-electron chi connectivity index (χ2n) is 4.31. The van der Waals surface area contributed by atoms with Gasteiger partial charge in [-0.05, 0) is 25.9 Å². The molecule has 0 heterocycles.